The molecule has 2 aliphatic rings. The average molecular weight is 335 g/mol. The van der Waals surface area contributed by atoms with E-state index in [0.717, 1.165) is 49.1 Å². The highest BCUT2D eigenvalue weighted by Crippen LogP contribution is 2.37. The van der Waals surface area contributed by atoms with Crippen LogP contribution in [0.2, 0.25) is 0 Å². The van der Waals surface area contributed by atoms with Crippen molar-refractivity contribution in [2.75, 3.05) is 26.2 Å². The van der Waals surface area contributed by atoms with Crippen LogP contribution in [-0.4, -0.2) is 52.4 Å². The van der Waals surface area contributed by atoms with E-state index >= 15 is 0 Å². The van der Waals surface area contributed by atoms with Gasteiger partial charge >= 0.3 is 0 Å². The van der Waals surface area contributed by atoms with Crippen LogP contribution in [0.15, 0.2) is 49.2 Å². The topological polar surface area (TPSA) is 36.4 Å². The van der Waals surface area contributed by atoms with Gasteiger partial charge in [0.05, 0.1) is 5.52 Å². The number of likely N-dealkylation sites (tertiary alicyclic amines) is 2. The Labute approximate surface area is 149 Å². The molecule has 4 nitrogen and oxygen atoms in total. The fraction of sp³-hybridized carbons (Fsp3) is 0.429. The van der Waals surface area contributed by atoms with Gasteiger partial charge in [-0.25, -0.2) is 0 Å². The average Bonchev–Trinajstić information content (AvgIpc) is 3.02. The number of hydrogen-bond acceptors (Lipinski definition) is 3. The van der Waals surface area contributed by atoms with Gasteiger partial charge in [0.15, 0.2) is 0 Å². The molecule has 25 heavy (non-hydrogen) atoms. The second-order valence-corrected chi connectivity index (χ2v) is 7.30. The Kier molecular flexibility index (Phi) is 4.30. The van der Waals surface area contributed by atoms with Gasteiger partial charge in [-0.1, -0.05) is 12.1 Å². The number of carbonyl (C=O) groups is 1. The lowest BCUT2D eigenvalue weighted by Gasteiger charge is -2.45. The zero-order valence-corrected chi connectivity index (χ0v) is 14.7. The molecular weight excluding hydrogens is 310 g/mol. The van der Waals surface area contributed by atoms with Crippen LogP contribution in [0.3, 0.4) is 0 Å². The molecule has 1 spiro atoms. The molecule has 2 saturated heterocycles. The third-order valence-electron chi connectivity index (χ3n) is 5.78. The second kappa shape index (κ2) is 6.60. The van der Waals surface area contributed by atoms with Gasteiger partial charge in [0.25, 0.3) is 5.91 Å². The molecule has 0 aliphatic carbocycles. The van der Waals surface area contributed by atoms with Crippen LogP contribution < -0.4 is 0 Å². The van der Waals surface area contributed by atoms with Crippen molar-refractivity contribution in [3.8, 4) is 0 Å². The largest absolute Gasteiger partial charge is 0.337 e. The Morgan fingerprint density at radius 1 is 1.24 bits per heavy atom. The lowest BCUT2D eigenvalue weighted by atomic mass is 9.86. The van der Waals surface area contributed by atoms with Gasteiger partial charge in [0.1, 0.15) is 0 Å². The molecule has 3 heterocycles. The first kappa shape index (κ1) is 16.3. The molecule has 2 fully saturated rings. The summed E-state index contributed by atoms with van der Waals surface area (Å²) in [5, 5.41) is 1.02. The standard InChI is InChI=1S/C21H25N3O/c1-2-12-24-14-5-10-21(24)9-4-13-23(16-21)20(25)18-7-8-19-17(15-18)6-3-11-22-19/h2-3,6-8,11,15H,1,4-5,9-10,12-14,16H2. The summed E-state index contributed by atoms with van der Waals surface area (Å²) in [5.41, 5.74) is 1.86. The fourth-order valence-corrected chi connectivity index (χ4v) is 4.57. The number of hydrogen-bond donors (Lipinski definition) is 0. The summed E-state index contributed by atoms with van der Waals surface area (Å²) in [4.78, 5) is 22.0. The fourth-order valence-electron chi connectivity index (χ4n) is 4.57. The van der Waals surface area contributed by atoms with Gasteiger partial charge < -0.3 is 4.90 Å². The summed E-state index contributed by atoms with van der Waals surface area (Å²) in [6, 6.07) is 9.76. The van der Waals surface area contributed by atoms with Crippen LogP contribution in [0.25, 0.3) is 10.9 Å². The van der Waals surface area contributed by atoms with Crippen molar-refractivity contribution < 1.29 is 4.79 Å². The van der Waals surface area contributed by atoms with Crippen LogP contribution in [0.5, 0.6) is 0 Å². The summed E-state index contributed by atoms with van der Waals surface area (Å²) in [6.45, 7) is 7.64. The summed E-state index contributed by atoms with van der Waals surface area (Å²) < 4.78 is 0. The van der Waals surface area contributed by atoms with Crippen molar-refractivity contribution in [3.05, 3.63) is 54.7 Å². The van der Waals surface area contributed by atoms with Crippen LogP contribution in [0.4, 0.5) is 0 Å². The van der Waals surface area contributed by atoms with Crippen molar-refractivity contribution in [1.29, 1.82) is 0 Å². The van der Waals surface area contributed by atoms with Crippen LogP contribution in [-0.2, 0) is 0 Å². The molecule has 2 aliphatic heterocycles. The molecule has 0 radical (unpaired) electrons. The number of rotatable bonds is 3. The number of piperidine rings is 1. The SMILES string of the molecule is C=CCN1CCCC12CCCN(C(=O)c1ccc3ncccc3c1)C2. The molecule has 2 aromatic rings. The van der Waals surface area contributed by atoms with Gasteiger partial charge in [-0.05, 0) is 56.5 Å². The van der Waals surface area contributed by atoms with Crippen molar-refractivity contribution in [3.63, 3.8) is 0 Å². The molecule has 1 aromatic carbocycles. The molecule has 1 unspecified atom stereocenters. The zero-order valence-electron chi connectivity index (χ0n) is 14.7. The van der Waals surface area contributed by atoms with Crippen molar-refractivity contribution >= 4 is 16.8 Å². The van der Waals surface area contributed by atoms with Crippen LogP contribution in [0, 0.1) is 0 Å². The highest BCUT2D eigenvalue weighted by Gasteiger charge is 2.44. The number of amides is 1. The van der Waals surface area contributed by atoms with Gasteiger partial charge in [-0.15, -0.1) is 6.58 Å². The normalized spacial score (nSPS) is 24.1. The van der Waals surface area contributed by atoms with Gasteiger partial charge in [-0.3, -0.25) is 14.7 Å². The third-order valence-corrected chi connectivity index (χ3v) is 5.78. The quantitative estimate of drug-likeness (QED) is 0.806. The summed E-state index contributed by atoms with van der Waals surface area (Å²) in [7, 11) is 0. The Morgan fingerprint density at radius 2 is 2.08 bits per heavy atom. The Morgan fingerprint density at radius 3 is 2.92 bits per heavy atom. The van der Waals surface area contributed by atoms with E-state index in [1.54, 1.807) is 6.20 Å². The predicted molar refractivity (Wildman–Crippen MR) is 101 cm³/mol. The lowest BCUT2D eigenvalue weighted by molar-refractivity contribution is 0.0367. The molecule has 1 aromatic heterocycles. The van der Waals surface area contributed by atoms with Crippen molar-refractivity contribution in [1.82, 2.24) is 14.8 Å². The number of nitrogens with zero attached hydrogens (tertiary/aromatic N) is 3. The molecule has 4 heteroatoms. The molecule has 4 rings (SSSR count). The monoisotopic (exact) mass is 335 g/mol. The maximum atomic E-state index is 13.1. The number of aromatic nitrogens is 1. The first-order valence-corrected chi connectivity index (χ1v) is 9.22. The van der Waals surface area contributed by atoms with E-state index in [-0.39, 0.29) is 11.4 Å². The minimum absolute atomic E-state index is 0.148. The molecule has 0 saturated carbocycles. The van der Waals surface area contributed by atoms with Crippen LogP contribution in [0.1, 0.15) is 36.0 Å². The smallest absolute Gasteiger partial charge is 0.253 e. The van der Waals surface area contributed by atoms with E-state index in [1.807, 2.05) is 36.4 Å². The predicted octanol–water partition coefficient (Wildman–Crippen LogP) is 3.49. The van der Waals surface area contributed by atoms with Crippen molar-refractivity contribution in [2.24, 2.45) is 0 Å². The van der Waals surface area contributed by atoms with Gasteiger partial charge in [0.2, 0.25) is 0 Å². The van der Waals surface area contributed by atoms with Crippen LogP contribution >= 0.6 is 0 Å². The zero-order chi connectivity index (χ0) is 17.3. The first-order valence-electron chi connectivity index (χ1n) is 9.22. The minimum atomic E-state index is 0.148. The summed E-state index contributed by atoms with van der Waals surface area (Å²) in [6.07, 6.45) is 8.45. The molecule has 0 bridgehead atoms. The molecule has 1 amide bonds. The van der Waals surface area contributed by atoms with Gasteiger partial charge in [0, 0.05) is 42.3 Å². The van der Waals surface area contributed by atoms with Gasteiger partial charge in [-0.2, -0.15) is 0 Å². The Hall–Kier alpha value is -2.20. The molecular formula is C21H25N3O. The molecule has 1 atom stereocenters. The third kappa shape index (κ3) is 2.95. The second-order valence-electron chi connectivity index (χ2n) is 7.30. The maximum absolute atomic E-state index is 13.1. The van der Waals surface area contributed by atoms with E-state index in [0.29, 0.717) is 0 Å². The number of carbonyl (C=O) groups excluding carboxylic acids is 1. The van der Waals surface area contributed by atoms with E-state index < -0.39 is 0 Å². The first-order chi connectivity index (χ1) is 12.2. The maximum Gasteiger partial charge on any atom is 0.253 e. The van der Waals surface area contributed by atoms with E-state index in [4.69, 9.17) is 0 Å². The number of fused-ring (bicyclic) bond motifs is 1. The molecule has 130 valence electrons. The summed E-state index contributed by atoms with van der Waals surface area (Å²) >= 11 is 0. The summed E-state index contributed by atoms with van der Waals surface area (Å²) in [5.74, 6) is 0.148. The van der Waals surface area contributed by atoms with E-state index in [2.05, 4.69) is 21.4 Å². The van der Waals surface area contributed by atoms with Crippen molar-refractivity contribution in [2.45, 2.75) is 31.2 Å². The molecule has 0 N–H and O–H groups in total. The highest BCUT2D eigenvalue weighted by molar-refractivity contribution is 5.98. The lowest BCUT2D eigenvalue weighted by Crippen LogP contribution is -2.56. The Balaban J connectivity index is 1.57. The van der Waals surface area contributed by atoms with E-state index in [9.17, 15) is 4.79 Å². The minimum Gasteiger partial charge on any atom is -0.337 e. The number of benzene rings is 1. The number of pyridine rings is 1. The highest BCUT2D eigenvalue weighted by atomic mass is 16.2. The Bertz CT molecular complexity index is 803. The van der Waals surface area contributed by atoms with E-state index in [1.165, 1.54) is 19.3 Å².